The number of piperidine rings is 1. The highest BCUT2D eigenvalue weighted by atomic mass is 16.5. The minimum atomic E-state index is -0.143. The van der Waals surface area contributed by atoms with Crippen LogP contribution in [-0.4, -0.2) is 45.3 Å². The molecule has 34 heavy (non-hydrogen) atoms. The third-order valence-electron chi connectivity index (χ3n) is 6.23. The zero-order valence-electron chi connectivity index (χ0n) is 19.8. The van der Waals surface area contributed by atoms with E-state index in [9.17, 15) is 10.1 Å². The molecule has 2 heterocycles. The Balaban J connectivity index is 1.51. The number of hydrogen-bond donors (Lipinski definition) is 1. The van der Waals surface area contributed by atoms with Gasteiger partial charge in [0.25, 0.3) is 0 Å². The summed E-state index contributed by atoms with van der Waals surface area (Å²) in [4.78, 5) is 19.7. The first-order chi connectivity index (χ1) is 16.5. The van der Waals surface area contributed by atoms with Gasteiger partial charge in [-0.25, -0.2) is 0 Å². The summed E-state index contributed by atoms with van der Waals surface area (Å²) < 4.78 is 16.1. The number of carbonyl (C=O) groups excluding carboxylic acids is 1. The number of rotatable bonds is 6. The molecule has 8 nitrogen and oxygen atoms in total. The molecule has 1 aliphatic rings. The van der Waals surface area contributed by atoms with Crippen LogP contribution in [0.2, 0.25) is 0 Å². The number of anilines is 2. The molecule has 0 aliphatic carbocycles. The maximum absolute atomic E-state index is 13.0. The van der Waals surface area contributed by atoms with Gasteiger partial charge in [-0.15, -0.1) is 0 Å². The van der Waals surface area contributed by atoms with E-state index in [1.165, 1.54) is 7.11 Å². The van der Waals surface area contributed by atoms with Crippen molar-refractivity contribution in [2.45, 2.75) is 19.8 Å². The highest BCUT2D eigenvalue weighted by Crippen LogP contribution is 2.40. The fraction of sp³-hybridized carbons (Fsp3) is 0.346. The molecule has 1 amide bonds. The highest BCUT2D eigenvalue weighted by molar-refractivity contribution is 5.96. The number of carbonyl (C=O) groups is 1. The largest absolute Gasteiger partial charge is 0.493 e. The van der Waals surface area contributed by atoms with Crippen LogP contribution >= 0.6 is 0 Å². The Bertz CT molecular complexity index is 1230. The van der Waals surface area contributed by atoms with E-state index in [1.54, 1.807) is 32.5 Å². The molecule has 1 fully saturated rings. The Hall–Kier alpha value is -3.99. The van der Waals surface area contributed by atoms with Crippen molar-refractivity contribution in [2.75, 3.05) is 44.6 Å². The molecule has 2 aromatic carbocycles. The van der Waals surface area contributed by atoms with Gasteiger partial charge in [0.05, 0.1) is 38.1 Å². The molecular formula is C26H28N4O4. The smallest absolute Gasteiger partial charge is 0.227 e. The fourth-order valence-electron chi connectivity index (χ4n) is 4.48. The van der Waals surface area contributed by atoms with Crippen LogP contribution in [0.1, 0.15) is 24.0 Å². The summed E-state index contributed by atoms with van der Waals surface area (Å²) in [7, 11) is 4.62. The standard InChI is InChI=1S/C26H28N4O4/c1-16-5-6-21-20(11-16)24(18(14-27)15-28-21)30-9-7-17(8-10-30)26(31)29-19-12-22(32-2)25(34-4)23(13-19)33-3/h5-6,11-13,15,17H,7-10H2,1-4H3,(H,29,31). The second kappa shape index (κ2) is 9.87. The molecule has 0 unspecified atom stereocenters. The summed E-state index contributed by atoms with van der Waals surface area (Å²) in [5, 5.41) is 13.7. The maximum atomic E-state index is 13.0. The minimum absolute atomic E-state index is 0.0511. The van der Waals surface area contributed by atoms with Crippen LogP contribution in [-0.2, 0) is 4.79 Å². The molecule has 0 bridgehead atoms. The summed E-state index contributed by atoms with van der Waals surface area (Å²) >= 11 is 0. The quantitative estimate of drug-likeness (QED) is 0.586. The van der Waals surface area contributed by atoms with Crippen molar-refractivity contribution in [3.05, 3.63) is 47.7 Å². The van der Waals surface area contributed by atoms with Crippen molar-refractivity contribution < 1.29 is 19.0 Å². The second-order valence-electron chi connectivity index (χ2n) is 8.32. The highest BCUT2D eigenvalue weighted by Gasteiger charge is 2.28. The van der Waals surface area contributed by atoms with E-state index in [-0.39, 0.29) is 11.8 Å². The van der Waals surface area contributed by atoms with Gasteiger partial charge in [-0.2, -0.15) is 5.26 Å². The minimum Gasteiger partial charge on any atom is -0.493 e. The molecule has 0 atom stereocenters. The molecular weight excluding hydrogens is 432 g/mol. The Labute approximate surface area is 199 Å². The molecule has 0 radical (unpaired) electrons. The predicted octanol–water partition coefficient (Wildman–Crippen LogP) is 4.30. The van der Waals surface area contributed by atoms with Crippen molar-refractivity contribution >= 4 is 28.2 Å². The first kappa shape index (κ1) is 23.2. The summed E-state index contributed by atoms with van der Waals surface area (Å²) in [5.41, 5.74) is 4.02. The van der Waals surface area contributed by atoms with Crippen molar-refractivity contribution in [3.8, 4) is 23.3 Å². The monoisotopic (exact) mass is 460 g/mol. The van der Waals surface area contributed by atoms with Crippen molar-refractivity contribution in [3.63, 3.8) is 0 Å². The number of aromatic nitrogens is 1. The van der Waals surface area contributed by atoms with Gasteiger partial charge in [0.15, 0.2) is 11.5 Å². The van der Waals surface area contributed by atoms with Gasteiger partial charge in [-0.3, -0.25) is 9.78 Å². The number of methoxy groups -OCH3 is 3. The van der Waals surface area contributed by atoms with Crippen LogP contribution < -0.4 is 24.4 Å². The molecule has 8 heteroatoms. The normalized spacial score (nSPS) is 13.9. The van der Waals surface area contributed by atoms with E-state index in [0.717, 1.165) is 22.2 Å². The number of pyridine rings is 1. The third kappa shape index (κ3) is 4.42. The van der Waals surface area contributed by atoms with E-state index in [2.05, 4.69) is 27.3 Å². The Morgan fingerprint density at radius 2 is 1.76 bits per heavy atom. The molecule has 176 valence electrons. The van der Waals surface area contributed by atoms with Crippen LogP contribution in [0.5, 0.6) is 17.2 Å². The van der Waals surface area contributed by atoms with Gasteiger partial charge in [0, 0.05) is 48.4 Å². The number of amides is 1. The van der Waals surface area contributed by atoms with Gasteiger partial charge in [-0.05, 0) is 31.9 Å². The summed E-state index contributed by atoms with van der Waals surface area (Å²) in [6.07, 6.45) is 2.99. The van der Waals surface area contributed by atoms with Crippen LogP contribution in [0.4, 0.5) is 11.4 Å². The molecule has 1 saturated heterocycles. The number of nitrogens with zero attached hydrogens (tertiary/aromatic N) is 3. The molecule has 0 saturated carbocycles. The van der Waals surface area contributed by atoms with Crippen molar-refractivity contribution in [2.24, 2.45) is 5.92 Å². The lowest BCUT2D eigenvalue weighted by Crippen LogP contribution is -2.38. The van der Waals surface area contributed by atoms with Gasteiger partial charge < -0.3 is 24.4 Å². The van der Waals surface area contributed by atoms with E-state index >= 15 is 0 Å². The lowest BCUT2D eigenvalue weighted by Gasteiger charge is -2.34. The van der Waals surface area contributed by atoms with Crippen LogP contribution in [0.25, 0.3) is 10.9 Å². The molecule has 3 aromatic rings. The number of ether oxygens (including phenoxy) is 3. The van der Waals surface area contributed by atoms with Crippen LogP contribution in [0.15, 0.2) is 36.5 Å². The molecule has 0 spiro atoms. The predicted molar refractivity (Wildman–Crippen MR) is 131 cm³/mol. The topological polar surface area (TPSA) is 96.7 Å². The molecule has 1 N–H and O–H groups in total. The van der Waals surface area contributed by atoms with E-state index in [0.29, 0.717) is 54.4 Å². The Morgan fingerprint density at radius 1 is 1.09 bits per heavy atom. The number of nitrogens with one attached hydrogen (secondary N) is 1. The summed E-state index contributed by atoms with van der Waals surface area (Å²) in [5.74, 6) is 1.25. The molecule has 4 rings (SSSR count). The Morgan fingerprint density at radius 3 is 2.35 bits per heavy atom. The van der Waals surface area contributed by atoms with E-state index in [1.807, 2.05) is 19.1 Å². The Kier molecular flexibility index (Phi) is 6.73. The number of hydrogen-bond acceptors (Lipinski definition) is 7. The van der Waals surface area contributed by atoms with Gasteiger partial charge in [0.2, 0.25) is 11.7 Å². The van der Waals surface area contributed by atoms with Gasteiger partial charge >= 0.3 is 0 Å². The van der Waals surface area contributed by atoms with Crippen LogP contribution in [0, 0.1) is 24.2 Å². The van der Waals surface area contributed by atoms with Crippen LogP contribution in [0.3, 0.4) is 0 Å². The maximum Gasteiger partial charge on any atom is 0.227 e. The van der Waals surface area contributed by atoms with Crippen molar-refractivity contribution in [1.82, 2.24) is 4.98 Å². The van der Waals surface area contributed by atoms with E-state index in [4.69, 9.17) is 14.2 Å². The number of nitriles is 1. The average molecular weight is 461 g/mol. The summed E-state index contributed by atoms with van der Waals surface area (Å²) in [6, 6.07) is 11.8. The van der Waals surface area contributed by atoms with Crippen molar-refractivity contribution in [1.29, 1.82) is 5.26 Å². The third-order valence-corrected chi connectivity index (χ3v) is 6.23. The first-order valence-corrected chi connectivity index (χ1v) is 11.1. The number of benzene rings is 2. The SMILES string of the molecule is COc1cc(NC(=O)C2CCN(c3c(C#N)cnc4ccc(C)cc34)CC2)cc(OC)c1OC. The summed E-state index contributed by atoms with van der Waals surface area (Å²) in [6.45, 7) is 3.38. The molecule has 1 aliphatic heterocycles. The first-order valence-electron chi connectivity index (χ1n) is 11.1. The average Bonchev–Trinajstić information content (AvgIpc) is 2.87. The zero-order valence-corrected chi connectivity index (χ0v) is 19.8. The second-order valence-corrected chi connectivity index (χ2v) is 8.32. The lowest BCUT2D eigenvalue weighted by atomic mass is 9.94. The lowest BCUT2D eigenvalue weighted by molar-refractivity contribution is -0.120. The number of aryl methyl sites for hydroxylation is 1. The zero-order chi connectivity index (χ0) is 24.2. The molecule has 1 aromatic heterocycles. The van der Waals surface area contributed by atoms with Gasteiger partial charge in [0.1, 0.15) is 6.07 Å². The van der Waals surface area contributed by atoms with E-state index < -0.39 is 0 Å². The van der Waals surface area contributed by atoms with Gasteiger partial charge in [-0.1, -0.05) is 11.6 Å². The fourth-order valence-corrected chi connectivity index (χ4v) is 4.48. The number of fused-ring (bicyclic) bond motifs is 1.